The van der Waals surface area contributed by atoms with E-state index in [1.165, 1.54) is 12.8 Å². The van der Waals surface area contributed by atoms with Gasteiger partial charge in [0.25, 0.3) is 0 Å². The van der Waals surface area contributed by atoms with Crippen LogP contribution in [-0.4, -0.2) is 16.0 Å². The van der Waals surface area contributed by atoms with Gasteiger partial charge in [-0.3, -0.25) is 0 Å². The van der Waals surface area contributed by atoms with Gasteiger partial charge in [0.05, 0.1) is 3.57 Å². The second-order valence-corrected chi connectivity index (χ2v) is 5.40. The van der Waals surface area contributed by atoms with E-state index in [1.807, 2.05) is 6.20 Å². The van der Waals surface area contributed by atoms with Gasteiger partial charge in [-0.25, -0.2) is 9.97 Å². The van der Waals surface area contributed by atoms with Crippen molar-refractivity contribution in [3.8, 4) is 0 Å². The van der Waals surface area contributed by atoms with E-state index in [9.17, 15) is 0 Å². The Bertz CT molecular complexity index is 302. The lowest BCUT2D eigenvalue weighted by molar-refractivity contribution is 0.527. The van der Waals surface area contributed by atoms with E-state index in [1.54, 1.807) is 6.33 Å². The van der Waals surface area contributed by atoms with Gasteiger partial charge in [0.2, 0.25) is 0 Å². The van der Waals surface area contributed by atoms with Crippen LogP contribution in [-0.2, 0) is 0 Å². The summed E-state index contributed by atoms with van der Waals surface area (Å²) in [5, 5.41) is 3.41. The first-order valence-electron chi connectivity index (χ1n) is 5.31. The minimum Gasteiger partial charge on any atom is -0.367 e. The Hall–Kier alpha value is -0.390. The average Bonchev–Trinajstić information content (AvgIpc) is 2.18. The Morgan fingerprint density at radius 2 is 2.07 bits per heavy atom. The summed E-state index contributed by atoms with van der Waals surface area (Å²) in [4.78, 5) is 8.18. The topological polar surface area (TPSA) is 37.8 Å². The number of nitrogens with zero attached hydrogens (tertiary/aromatic N) is 2. The highest BCUT2D eigenvalue weighted by Gasteiger charge is 2.06. The van der Waals surface area contributed by atoms with Crippen LogP contribution in [0.3, 0.4) is 0 Å². The fraction of sp³-hybridized carbons (Fsp3) is 0.636. The van der Waals surface area contributed by atoms with Gasteiger partial charge in [0.1, 0.15) is 12.1 Å². The zero-order chi connectivity index (χ0) is 11.3. The predicted molar refractivity (Wildman–Crippen MR) is 71.9 cm³/mol. The Labute approximate surface area is 105 Å². The van der Waals surface area contributed by atoms with Crippen LogP contribution in [0.2, 0.25) is 0 Å². The van der Waals surface area contributed by atoms with Crippen LogP contribution >= 0.6 is 22.6 Å². The molecule has 0 bridgehead atoms. The van der Waals surface area contributed by atoms with Crippen LogP contribution in [0.4, 0.5) is 5.82 Å². The molecule has 1 rings (SSSR count). The summed E-state index contributed by atoms with van der Waals surface area (Å²) in [5.74, 6) is 1.71. The summed E-state index contributed by atoms with van der Waals surface area (Å²) < 4.78 is 1.08. The largest absolute Gasteiger partial charge is 0.367 e. The van der Waals surface area contributed by atoms with E-state index in [2.05, 4.69) is 58.6 Å². The second-order valence-electron chi connectivity index (χ2n) is 4.24. The molecule has 0 saturated carbocycles. The maximum absolute atomic E-state index is 4.22. The van der Waals surface area contributed by atoms with Crippen LogP contribution in [0, 0.1) is 9.49 Å². The molecule has 1 aromatic rings. The molecule has 3 nitrogen and oxygen atoms in total. The highest BCUT2D eigenvalue weighted by molar-refractivity contribution is 14.1. The van der Waals surface area contributed by atoms with Crippen molar-refractivity contribution in [2.45, 2.75) is 39.7 Å². The average molecular weight is 319 g/mol. The summed E-state index contributed by atoms with van der Waals surface area (Å²) >= 11 is 2.25. The smallest absolute Gasteiger partial charge is 0.143 e. The highest BCUT2D eigenvalue weighted by atomic mass is 127. The van der Waals surface area contributed by atoms with Crippen LogP contribution in [0.25, 0.3) is 0 Å². The molecular formula is C11H18IN3. The lowest BCUT2D eigenvalue weighted by atomic mass is 10.0. The quantitative estimate of drug-likeness (QED) is 0.846. The SMILES string of the molecule is CC(C)CCC(C)Nc1ncncc1I. The number of hydrogen-bond donors (Lipinski definition) is 1. The summed E-state index contributed by atoms with van der Waals surface area (Å²) in [6.07, 6.45) is 5.83. The van der Waals surface area contributed by atoms with Crippen molar-refractivity contribution in [3.05, 3.63) is 16.1 Å². The van der Waals surface area contributed by atoms with Crippen LogP contribution in [0.5, 0.6) is 0 Å². The number of anilines is 1. The molecule has 1 heterocycles. The van der Waals surface area contributed by atoms with Crippen LogP contribution in [0.15, 0.2) is 12.5 Å². The third-order valence-corrected chi connectivity index (χ3v) is 3.02. The number of hydrogen-bond acceptors (Lipinski definition) is 3. The standard InChI is InChI=1S/C11H18IN3/c1-8(2)4-5-9(3)15-11-10(12)6-13-7-14-11/h6-9H,4-5H2,1-3H3,(H,13,14,15). The van der Waals surface area contributed by atoms with E-state index < -0.39 is 0 Å². The molecular weight excluding hydrogens is 301 g/mol. The van der Waals surface area contributed by atoms with E-state index in [0.29, 0.717) is 6.04 Å². The van der Waals surface area contributed by atoms with Crippen molar-refractivity contribution >= 4 is 28.4 Å². The summed E-state index contributed by atoms with van der Waals surface area (Å²) in [6.45, 7) is 6.70. The zero-order valence-electron chi connectivity index (χ0n) is 9.50. The Morgan fingerprint density at radius 3 is 2.67 bits per heavy atom. The molecule has 15 heavy (non-hydrogen) atoms. The highest BCUT2D eigenvalue weighted by Crippen LogP contribution is 2.15. The monoisotopic (exact) mass is 319 g/mol. The van der Waals surface area contributed by atoms with Crippen molar-refractivity contribution in [3.63, 3.8) is 0 Å². The van der Waals surface area contributed by atoms with E-state index >= 15 is 0 Å². The molecule has 0 amide bonds. The van der Waals surface area contributed by atoms with Gasteiger partial charge in [0, 0.05) is 12.2 Å². The van der Waals surface area contributed by atoms with Gasteiger partial charge in [-0.2, -0.15) is 0 Å². The second kappa shape index (κ2) is 6.25. The first-order valence-corrected chi connectivity index (χ1v) is 6.39. The molecule has 0 aliphatic heterocycles. The van der Waals surface area contributed by atoms with Crippen LogP contribution < -0.4 is 5.32 Å². The molecule has 0 aromatic carbocycles. The Morgan fingerprint density at radius 1 is 1.33 bits per heavy atom. The van der Waals surface area contributed by atoms with E-state index in [0.717, 1.165) is 15.3 Å². The van der Waals surface area contributed by atoms with E-state index in [4.69, 9.17) is 0 Å². The minimum absolute atomic E-state index is 0.468. The molecule has 0 saturated heterocycles. The van der Waals surface area contributed by atoms with Gasteiger partial charge in [-0.15, -0.1) is 0 Å². The molecule has 1 aromatic heterocycles. The molecule has 0 fully saturated rings. The Kier molecular flexibility index (Phi) is 5.28. The first-order chi connectivity index (χ1) is 7.09. The zero-order valence-corrected chi connectivity index (χ0v) is 11.7. The van der Waals surface area contributed by atoms with Gasteiger partial charge in [-0.1, -0.05) is 13.8 Å². The lowest BCUT2D eigenvalue weighted by Gasteiger charge is -2.16. The third-order valence-electron chi connectivity index (χ3n) is 2.23. The lowest BCUT2D eigenvalue weighted by Crippen LogP contribution is -2.17. The Balaban J connectivity index is 2.44. The summed E-state index contributed by atoms with van der Waals surface area (Å²) in [6, 6.07) is 0.468. The minimum atomic E-state index is 0.468. The molecule has 0 aliphatic rings. The maximum atomic E-state index is 4.22. The first kappa shape index (κ1) is 12.7. The van der Waals surface area contributed by atoms with Gasteiger partial charge in [-0.05, 0) is 48.3 Å². The fourth-order valence-electron chi connectivity index (χ4n) is 1.31. The number of halogens is 1. The fourth-order valence-corrected chi connectivity index (χ4v) is 1.76. The van der Waals surface area contributed by atoms with Gasteiger partial charge >= 0.3 is 0 Å². The van der Waals surface area contributed by atoms with Gasteiger partial charge < -0.3 is 5.32 Å². The third kappa shape index (κ3) is 4.77. The predicted octanol–water partition coefficient (Wildman–Crippen LogP) is 3.32. The summed E-state index contributed by atoms with van der Waals surface area (Å²) in [7, 11) is 0. The number of nitrogens with one attached hydrogen (secondary N) is 1. The van der Waals surface area contributed by atoms with Crippen LogP contribution in [0.1, 0.15) is 33.6 Å². The van der Waals surface area contributed by atoms with Crippen molar-refractivity contribution in [2.24, 2.45) is 5.92 Å². The molecule has 4 heteroatoms. The van der Waals surface area contributed by atoms with Crippen molar-refractivity contribution < 1.29 is 0 Å². The maximum Gasteiger partial charge on any atom is 0.143 e. The van der Waals surface area contributed by atoms with Crippen molar-refractivity contribution in [1.82, 2.24) is 9.97 Å². The molecule has 0 spiro atoms. The van der Waals surface area contributed by atoms with Gasteiger partial charge in [0.15, 0.2) is 0 Å². The molecule has 84 valence electrons. The van der Waals surface area contributed by atoms with E-state index in [-0.39, 0.29) is 0 Å². The molecule has 0 aliphatic carbocycles. The van der Waals surface area contributed by atoms with Crippen molar-refractivity contribution in [2.75, 3.05) is 5.32 Å². The molecule has 1 unspecified atom stereocenters. The molecule has 1 atom stereocenters. The number of rotatable bonds is 5. The van der Waals surface area contributed by atoms with Crippen molar-refractivity contribution in [1.29, 1.82) is 0 Å². The normalized spacial score (nSPS) is 12.9. The number of aromatic nitrogens is 2. The molecule has 0 radical (unpaired) electrons. The summed E-state index contributed by atoms with van der Waals surface area (Å²) in [5.41, 5.74) is 0. The molecule has 1 N–H and O–H groups in total.